The fraction of sp³-hybridized carbons (Fsp3) is 0.348. The highest BCUT2D eigenvalue weighted by atomic mass is 19.4. The second-order valence-corrected chi connectivity index (χ2v) is 8.86. The number of ether oxygens (including phenoxy) is 1. The van der Waals surface area contributed by atoms with E-state index in [1.54, 1.807) is 12.3 Å². The van der Waals surface area contributed by atoms with Crippen molar-refractivity contribution < 1.29 is 22.7 Å². The van der Waals surface area contributed by atoms with Crippen LogP contribution < -0.4 is 20.7 Å². The number of pyridine rings is 2. The van der Waals surface area contributed by atoms with E-state index >= 15 is 0 Å². The summed E-state index contributed by atoms with van der Waals surface area (Å²) in [6.07, 6.45) is 0.992. The minimum absolute atomic E-state index is 0.108. The topological polar surface area (TPSA) is 119 Å². The number of hydrogen-bond donors (Lipinski definition) is 2. The van der Waals surface area contributed by atoms with Gasteiger partial charge >= 0.3 is 6.36 Å². The number of nitrogens with two attached hydrogens (primary N) is 1. The van der Waals surface area contributed by atoms with E-state index in [9.17, 15) is 18.0 Å². The predicted octanol–water partition coefficient (Wildman–Crippen LogP) is 4.29. The number of nitrogens with zero attached hydrogens (tertiary/aromatic N) is 5. The van der Waals surface area contributed by atoms with Gasteiger partial charge in [0.15, 0.2) is 23.1 Å². The van der Waals surface area contributed by atoms with Gasteiger partial charge in [0.2, 0.25) is 0 Å². The fourth-order valence-electron chi connectivity index (χ4n) is 3.74. The molecular weight excluding hydrogens is 463 g/mol. The number of nitrogen functional groups attached to an aromatic ring is 1. The van der Waals surface area contributed by atoms with Gasteiger partial charge in [0.05, 0.1) is 11.9 Å². The Balaban J connectivity index is 1.61. The van der Waals surface area contributed by atoms with Crippen molar-refractivity contribution in [3.63, 3.8) is 0 Å². The zero-order valence-corrected chi connectivity index (χ0v) is 19.1. The number of hydrogen-bond acceptors (Lipinski definition) is 8. The Bertz CT molecular complexity index is 1220. The number of alkyl halides is 3. The normalized spacial score (nSPS) is 15.5. The SMILES string of the molecule is CC1(C)CCN(c2cccnc2NC(=O)c2nc(-c3ncccc3OC(F)(F)F)cnc2N)CC1. The van der Waals surface area contributed by atoms with E-state index in [1.807, 2.05) is 6.07 Å². The van der Waals surface area contributed by atoms with Gasteiger partial charge in [0, 0.05) is 25.5 Å². The van der Waals surface area contributed by atoms with Gasteiger partial charge in [-0.2, -0.15) is 0 Å². The lowest BCUT2D eigenvalue weighted by Gasteiger charge is -2.38. The van der Waals surface area contributed by atoms with Crippen LogP contribution in [0.15, 0.2) is 42.9 Å². The molecule has 3 aromatic rings. The Kier molecular flexibility index (Phi) is 6.46. The summed E-state index contributed by atoms with van der Waals surface area (Å²) in [7, 11) is 0. The molecule has 1 aliphatic heterocycles. The van der Waals surface area contributed by atoms with Crippen LogP contribution >= 0.6 is 0 Å². The van der Waals surface area contributed by atoms with Gasteiger partial charge in [-0.05, 0) is 42.5 Å². The first-order chi connectivity index (χ1) is 16.5. The van der Waals surface area contributed by atoms with Crippen molar-refractivity contribution in [3.8, 4) is 17.1 Å². The third kappa shape index (κ3) is 5.76. The lowest BCUT2D eigenvalue weighted by Crippen LogP contribution is -2.37. The minimum atomic E-state index is -4.93. The number of carbonyl (C=O) groups is 1. The van der Waals surface area contributed by atoms with Gasteiger partial charge in [0.1, 0.15) is 11.4 Å². The Morgan fingerprint density at radius 3 is 2.51 bits per heavy atom. The standard InChI is InChI=1S/C23H24F3N7O2/c1-22(2)7-11-33(12-8-22)15-5-3-10-29-20(15)32-21(34)18-19(27)30-13-14(31-18)17-16(6-4-9-28-17)35-23(24,25)26/h3-6,9-10,13H,7-8,11-12H2,1-2H3,(H2,27,30)(H,29,32,34). The molecule has 0 unspecified atom stereocenters. The average Bonchev–Trinajstić information content (AvgIpc) is 2.79. The van der Waals surface area contributed by atoms with Crippen molar-refractivity contribution in [2.24, 2.45) is 5.41 Å². The second kappa shape index (κ2) is 9.35. The first kappa shape index (κ1) is 24.2. The van der Waals surface area contributed by atoms with E-state index in [0.29, 0.717) is 5.82 Å². The average molecular weight is 487 g/mol. The van der Waals surface area contributed by atoms with Crippen molar-refractivity contribution >= 4 is 23.2 Å². The quantitative estimate of drug-likeness (QED) is 0.547. The second-order valence-electron chi connectivity index (χ2n) is 8.86. The molecule has 35 heavy (non-hydrogen) atoms. The zero-order valence-electron chi connectivity index (χ0n) is 19.1. The molecule has 0 aromatic carbocycles. The summed E-state index contributed by atoms with van der Waals surface area (Å²) in [4.78, 5) is 31.5. The van der Waals surface area contributed by atoms with Crippen LogP contribution in [0.5, 0.6) is 5.75 Å². The number of carbonyl (C=O) groups excluding carboxylic acids is 1. The highest BCUT2D eigenvalue weighted by Crippen LogP contribution is 2.35. The van der Waals surface area contributed by atoms with Crippen LogP contribution in [0.1, 0.15) is 37.2 Å². The molecule has 1 fully saturated rings. The van der Waals surface area contributed by atoms with E-state index in [-0.39, 0.29) is 28.3 Å². The molecule has 4 heterocycles. The number of nitrogens with one attached hydrogen (secondary N) is 1. The van der Waals surface area contributed by atoms with Crippen LogP contribution in [0, 0.1) is 5.41 Å². The highest BCUT2D eigenvalue weighted by Gasteiger charge is 2.33. The van der Waals surface area contributed by atoms with Gasteiger partial charge in [-0.15, -0.1) is 13.2 Å². The van der Waals surface area contributed by atoms with Crippen molar-refractivity contribution in [3.05, 3.63) is 48.5 Å². The van der Waals surface area contributed by atoms with E-state index < -0.39 is 18.0 Å². The van der Waals surface area contributed by atoms with Gasteiger partial charge in [-0.1, -0.05) is 13.8 Å². The lowest BCUT2D eigenvalue weighted by molar-refractivity contribution is -0.274. The van der Waals surface area contributed by atoms with E-state index in [2.05, 4.69) is 48.7 Å². The van der Waals surface area contributed by atoms with Crippen LogP contribution in [0.25, 0.3) is 11.4 Å². The zero-order chi connectivity index (χ0) is 25.2. The maximum atomic E-state index is 13.1. The molecule has 0 spiro atoms. The summed E-state index contributed by atoms with van der Waals surface area (Å²) in [6.45, 7) is 6.05. The van der Waals surface area contributed by atoms with Gasteiger partial charge in [-0.3, -0.25) is 9.78 Å². The summed E-state index contributed by atoms with van der Waals surface area (Å²) in [6, 6.07) is 6.02. The summed E-state index contributed by atoms with van der Waals surface area (Å²) in [5, 5.41) is 2.71. The molecule has 1 saturated heterocycles. The number of amides is 1. The molecule has 1 amide bonds. The van der Waals surface area contributed by atoms with Gasteiger partial charge in [0.25, 0.3) is 5.91 Å². The summed E-state index contributed by atoms with van der Waals surface area (Å²) in [5.41, 5.74) is 6.25. The van der Waals surface area contributed by atoms with Crippen molar-refractivity contribution in [2.45, 2.75) is 33.1 Å². The molecule has 3 aromatic heterocycles. The number of piperidine rings is 1. The van der Waals surface area contributed by atoms with Crippen LogP contribution in [0.2, 0.25) is 0 Å². The molecule has 0 bridgehead atoms. The molecular formula is C23H24F3N7O2. The monoisotopic (exact) mass is 487 g/mol. The molecule has 4 rings (SSSR count). The Morgan fingerprint density at radius 2 is 1.80 bits per heavy atom. The first-order valence-corrected chi connectivity index (χ1v) is 10.9. The maximum Gasteiger partial charge on any atom is 0.573 e. The molecule has 0 saturated carbocycles. The molecule has 1 aliphatic rings. The van der Waals surface area contributed by atoms with Crippen LogP contribution in [0.4, 0.5) is 30.5 Å². The van der Waals surface area contributed by atoms with Gasteiger partial charge < -0.3 is 20.7 Å². The highest BCUT2D eigenvalue weighted by molar-refractivity contribution is 6.06. The van der Waals surface area contributed by atoms with Crippen LogP contribution in [0.3, 0.4) is 0 Å². The summed E-state index contributed by atoms with van der Waals surface area (Å²) in [5.74, 6) is -1.16. The van der Waals surface area contributed by atoms with Crippen LogP contribution in [-0.2, 0) is 0 Å². The van der Waals surface area contributed by atoms with Crippen LogP contribution in [-0.4, -0.2) is 45.3 Å². The predicted molar refractivity (Wildman–Crippen MR) is 124 cm³/mol. The third-order valence-corrected chi connectivity index (χ3v) is 5.73. The number of anilines is 3. The van der Waals surface area contributed by atoms with Crippen molar-refractivity contribution in [1.82, 2.24) is 19.9 Å². The van der Waals surface area contributed by atoms with E-state index in [4.69, 9.17) is 5.73 Å². The summed E-state index contributed by atoms with van der Waals surface area (Å²) < 4.78 is 42.4. The first-order valence-electron chi connectivity index (χ1n) is 10.9. The molecule has 0 aliphatic carbocycles. The number of rotatable bonds is 5. The van der Waals surface area contributed by atoms with E-state index in [1.165, 1.54) is 12.3 Å². The Labute approximate surface area is 199 Å². The number of halogens is 3. The molecule has 3 N–H and O–H groups in total. The number of aromatic nitrogens is 4. The third-order valence-electron chi connectivity index (χ3n) is 5.73. The lowest BCUT2D eigenvalue weighted by atomic mass is 9.82. The molecule has 184 valence electrons. The fourth-order valence-corrected chi connectivity index (χ4v) is 3.74. The minimum Gasteiger partial charge on any atom is -0.403 e. The Hall–Kier alpha value is -3.96. The van der Waals surface area contributed by atoms with Gasteiger partial charge in [-0.25, -0.2) is 15.0 Å². The molecule has 9 nitrogen and oxygen atoms in total. The van der Waals surface area contributed by atoms with Crippen molar-refractivity contribution in [1.29, 1.82) is 0 Å². The molecule has 12 heteroatoms. The largest absolute Gasteiger partial charge is 0.573 e. The van der Waals surface area contributed by atoms with Crippen molar-refractivity contribution in [2.75, 3.05) is 29.0 Å². The molecule has 0 radical (unpaired) electrons. The Morgan fingerprint density at radius 1 is 1.11 bits per heavy atom. The molecule has 0 atom stereocenters. The maximum absolute atomic E-state index is 13.1. The summed E-state index contributed by atoms with van der Waals surface area (Å²) >= 11 is 0. The van der Waals surface area contributed by atoms with E-state index in [0.717, 1.165) is 43.9 Å². The smallest absolute Gasteiger partial charge is 0.403 e.